The van der Waals surface area contributed by atoms with Crippen molar-refractivity contribution in [2.45, 2.75) is 39.5 Å². The summed E-state index contributed by atoms with van der Waals surface area (Å²) in [6.07, 6.45) is 1.85. The van der Waals surface area contributed by atoms with Gasteiger partial charge >= 0.3 is 0 Å². The van der Waals surface area contributed by atoms with Crippen LogP contribution in [-0.2, 0) is 9.59 Å². The molecule has 0 saturated carbocycles. The van der Waals surface area contributed by atoms with Gasteiger partial charge in [-0.3, -0.25) is 9.59 Å². The smallest absolute Gasteiger partial charge is 0.224 e. The van der Waals surface area contributed by atoms with Crippen LogP contribution < -0.4 is 20.1 Å². The number of ether oxygens (including phenoxy) is 2. The van der Waals surface area contributed by atoms with Crippen LogP contribution in [0.4, 0.5) is 11.4 Å². The van der Waals surface area contributed by atoms with E-state index in [0.717, 1.165) is 22.6 Å². The van der Waals surface area contributed by atoms with E-state index in [1.165, 1.54) is 0 Å². The number of anilines is 2. The van der Waals surface area contributed by atoms with Crippen molar-refractivity contribution in [2.24, 2.45) is 0 Å². The molecule has 0 aromatic heterocycles. The monoisotopic (exact) mass is 528 g/mol. The van der Waals surface area contributed by atoms with Gasteiger partial charge in [-0.15, -0.1) is 0 Å². The Hall–Kier alpha value is -3.22. The Morgan fingerprint density at radius 1 is 0.667 bits per heavy atom. The van der Waals surface area contributed by atoms with Crippen LogP contribution in [0.3, 0.4) is 0 Å². The van der Waals surface area contributed by atoms with E-state index in [-0.39, 0.29) is 11.8 Å². The van der Waals surface area contributed by atoms with Crippen molar-refractivity contribution < 1.29 is 19.1 Å². The molecule has 0 saturated heterocycles. The average molecular weight is 529 g/mol. The summed E-state index contributed by atoms with van der Waals surface area (Å²) in [5.41, 5.74) is 3.25. The van der Waals surface area contributed by atoms with Crippen LogP contribution in [0.15, 0.2) is 60.7 Å². The summed E-state index contributed by atoms with van der Waals surface area (Å²) in [7, 11) is 0. The van der Waals surface area contributed by atoms with Gasteiger partial charge < -0.3 is 20.1 Å². The minimum atomic E-state index is -0.0980. The van der Waals surface area contributed by atoms with Crippen molar-refractivity contribution in [3.8, 4) is 11.5 Å². The van der Waals surface area contributed by atoms with Crippen molar-refractivity contribution in [1.82, 2.24) is 0 Å². The predicted octanol–water partition coefficient (Wildman–Crippen LogP) is 7.21. The fourth-order valence-electron chi connectivity index (χ4n) is 3.46. The van der Waals surface area contributed by atoms with Crippen molar-refractivity contribution in [3.05, 3.63) is 81.8 Å². The summed E-state index contributed by atoms with van der Waals surface area (Å²) < 4.78 is 11.4. The Kier molecular flexibility index (Phi) is 10.5. The molecule has 2 amide bonds. The standard InChI is InChI=1S/C28H30Cl2N2O4/c1-19-17-21(29)7-13-25(19)35-15-3-5-27(33)31-23-9-11-24(12-10-23)32-28(34)6-4-16-36-26-14-8-22(30)18-20(26)2/h7-14,17-18H,3-6,15-16H2,1-2H3,(H,31,33)(H,32,34). The summed E-state index contributed by atoms with van der Waals surface area (Å²) in [6.45, 7) is 4.73. The highest BCUT2D eigenvalue weighted by Crippen LogP contribution is 2.23. The molecule has 190 valence electrons. The van der Waals surface area contributed by atoms with Crippen LogP contribution in [0.5, 0.6) is 11.5 Å². The molecular formula is C28H30Cl2N2O4. The van der Waals surface area contributed by atoms with Gasteiger partial charge in [0, 0.05) is 34.3 Å². The fraction of sp³-hybridized carbons (Fsp3) is 0.286. The van der Waals surface area contributed by atoms with E-state index in [4.69, 9.17) is 32.7 Å². The lowest BCUT2D eigenvalue weighted by molar-refractivity contribution is -0.117. The second kappa shape index (κ2) is 13.8. The van der Waals surface area contributed by atoms with E-state index in [0.29, 0.717) is 60.3 Å². The third-order valence-corrected chi connectivity index (χ3v) is 5.81. The molecule has 0 spiro atoms. The zero-order valence-electron chi connectivity index (χ0n) is 20.4. The Morgan fingerprint density at radius 2 is 1.06 bits per heavy atom. The Balaban J connectivity index is 1.32. The minimum absolute atomic E-state index is 0.0980. The highest BCUT2D eigenvalue weighted by atomic mass is 35.5. The molecule has 8 heteroatoms. The van der Waals surface area contributed by atoms with E-state index >= 15 is 0 Å². The Bertz CT molecular complexity index is 1090. The normalized spacial score (nSPS) is 10.6. The minimum Gasteiger partial charge on any atom is -0.493 e. The summed E-state index contributed by atoms with van der Waals surface area (Å²) in [4.78, 5) is 24.4. The summed E-state index contributed by atoms with van der Waals surface area (Å²) >= 11 is 11.9. The molecule has 3 rings (SSSR count). The van der Waals surface area contributed by atoms with Gasteiger partial charge in [0.15, 0.2) is 0 Å². The first-order chi connectivity index (χ1) is 17.3. The molecule has 0 atom stereocenters. The zero-order chi connectivity index (χ0) is 25.9. The molecule has 0 aliphatic rings. The molecule has 6 nitrogen and oxygen atoms in total. The van der Waals surface area contributed by atoms with Gasteiger partial charge in [0.05, 0.1) is 13.2 Å². The number of rotatable bonds is 12. The van der Waals surface area contributed by atoms with E-state index in [2.05, 4.69) is 10.6 Å². The third kappa shape index (κ3) is 9.10. The predicted molar refractivity (Wildman–Crippen MR) is 146 cm³/mol. The first-order valence-corrected chi connectivity index (χ1v) is 12.5. The number of aryl methyl sites for hydroxylation is 2. The number of nitrogens with one attached hydrogen (secondary N) is 2. The molecule has 0 fully saturated rings. The number of hydrogen-bond donors (Lipinski definition) is 2. The molecule has 0 unspecified atom stereocenters. The average Bonchev–Trinajstić information content (AvgIpc) is 2.83. The number of hydrogen-bond acceptors (Lipinski definition) is 4. The maximum atomic E-state index is 12.2. The molecule has 0 heterocycles. The van der Waals surface area contributed by atoms with Crippen molar-refractivity contribution in [1.29, 1.82) is 0 Å². The largest absolute Gasteiger partial charge is 0.493 e. The van der Waals surface area contributed by atoms with E-state index in [9.17, 15) is 9.59 Å². The Morgan fingerprint density at radius 3 is 1.42 bits per heavy atom. The van der Waals surface area contributed by atoms with Crippen LogP contribution in [0, 0.1) is 13.8 Å². The van der Waals surface area contributed by atoms with Gasteiger partial charge in [-0.25, -0.2) is 0 Å². The third-order valence-electron chi connectivity index (χ3n) is 5.34. The first kappa shape index (κ1) is 27.4. The number of amides is 2. The number of halogens is 2. The molecule has 3 aromatic carbocycles. The summed E-state index contributed by atoms with van der Waals surface area (Å²) in [6, 6.07) is 17.9. The second-order valence-corrected chi connectivity index (χ2v) is 9.27. The molecule has 0 aliphatic carbocycles. The SMILES string of the molecule is Cc1cc(Cl)ccc1OCCCC(=O)Nc1ccc(NC(=O)CCCOc2ccc(Cl)cc2C)cc1. The topological polar surface area (TPSA) is 76.7 Å². The highest BCUT2D eigenvalue weighted by Gasteiger charge is 2.07. The van der Waals surface area contributed by atoms with Crippen LogP contribution in [0.2, 0.25) is 10.0 Å². The maximum Gasteiger partial charge on any atom is 0.224 e. The Labute approximate surface area is 221 Å². The molecule has 0 aliphatic heterocycles. The van der Waals surface area contributed by atoms with Crippen LogP contribution >= 0.6 is 23.2 Å². The van der Waals surface area contributed by atoms with Crippen LogP contribution in [0.25, 0.3) is 0 Å². The van der Waals surface area contributed by atoms with Gasteiger partial charge in [-0.1, -0.05) is 23.2 Å². The zero-order valence-corrected chi connectivity index (χ0v) is 21.9. The molecule has 36 heavy (non-hydrogen) atoms. The van der Waals surface area contributed by atoms with E-state index in [1.54, 1.807) is 36.4 Å². The first-order valence-electron chi connectivity index (χ1n) is 11.8. The van der Waals surface area contributed by atoms with E-state index < -0.39 is 0 Å². The van der Waals surface area contributed by atoms with Crippen molar-refractivity contribution in [2.75, 3.05) is 23.8 Å². The summed E-state index contributed by atoms with van der Waals surface area (Å²) in [5.74, 6) is 1.33. The molecule has 3 aromatic rings. The maximum absolute atomic E-state index is 12.2. The van der Waals surface area contributed by atoms with Crippen molar-refractivity contribution in [3.63, 3.8) is 0 Å². The quantitative estimate of drug-likeness (QED) is 0.243. The van der Waals surface area contributed by atoms with Crippen LogP contribution in [-0.4, -0.2) is 25.0 Å². The molecule has 2 N–H and O–H groups in total. The lowest BCUT2D eigenvalue weighted by atomic mass is 10.2. The van der Waals surface area contributed by atoms with Gasteiger partial charge in [-0.2, -0.15) is 0 Å². The number of carbonyl (C=O) groups excluding carboxylic acids is 2. The lowest BCUT2D eigenvalue weighted by Crippen LogP contribution is -2.14. The van der Waals surface area contributed by atoms with E-state index in [1.807, 2.05) is 38.1 Å². The molecule has 0 radical (unpaired) electrons. The molecular weight excluding hydrogens is 499 g/mol. The summed E-state index contributed by atoms with van der Waals surface area (Å²) in [5, 5.41) is 7.04. The van der Waals surface area contributed by atoms with Gasteiger partial charge in [-0.05, 0) is 98.5 Å². The fourth-order valence-corrected chi connectivity index (χ4v) is 3.92. The second-order valence-electron chi connectivity index (χ2n) is 8.40. The highest BCUT2D eigenvalue weighted by molar-refractivity contribution is 6.31. The number of benzene rings is 3. The lowest BCUT2D eigenvalue weighted by Gasteiger charge is -2.10. The van der Waals surface area contributed by atoms with Gasteiger partial charge in [0.1, 0.15) is 11.5 Å². The van der Waals surface area contributed by atoms with Crippen LogP contribution in [0.1, 0.15) is 36.8 Å². The van der Waals surface area contributed by atoms with Crippen molar-refractivity contribution >= 4 is 46.4 Å². The molecule has 0 bridgehead atoms. The van der Waals surface area contributed by atoms with Gasteiger partial charge in [0.2, 0.25) is 11.8 Å². The number of carbonyl (C=O) groups is 2. The van der Waals surface area contributed by atoms with Gasteiger partial charge in [0.25, 0.3) is 0 Å².